The Morgan fingerprint density at radius 2 is 1.69 bits per heavy atom. The van der Waals surface area contributed by atoms with Crippen molar-refractivity contribution in [1.29, 1.82) is 0 Å². The van der Waals surface area contributed by atoms with E-state index in [2.05, 4.69) is 10.6 Å². The Balaban J connectivity index is 1.78. The van der Waals surface area contributed by atoms with Crippen molar-refractivity contribution >= 4 is 40.8 Å². The maximum Gasteiger partial charge on any atom is 0.307 e. The van der Waals surface area contributed by atoms with Crippen LogP contribution in [0.15, 0.2) is 54.6 Å². The highest BCUT2D eigenvalue weighted by Gasteiger charge is 2.34. The number of benzene rings is 2. The van der Waals surface area contributed by atoms with Crippen LogP contribution in [-0.4, -0.2) is 22.9 Å². The summed E-state index contributed by atoms with van der Waals surface area (Å²) in [5.74, 6) is -4.18. The van der Waals surface area contributed by atoms with E-state index in [9.17, 15) is 23.9 Å². The third-order valence-electron chi connectivity index (χ3n) is 4.69. The third kappa shape index (κ3) is 4.81. The Morgan fingerprint density at radius 1 is 1.00 bits per heavy atom. The molecule has 150 valence electrons. The van der Waals surface area contributed by atoms with Gasteiger partial charge in [-0.3, -0.25) is 14.4 Å². The summed E-state index contributed by atoms with van der Waals surface area (Å²) in [4.78, 5) is 36.8. The molecule has 2 atom stereocenters. The van der Waals surface area contributed by atoms with Gasteiger partial charge in [-0.2, -0.15) is 0 Å². The zero-order chi connectivity index (χ0) is 21.0. The summed E-state index contributed by atoms with van der Waals surface area (Å²) in [7, 11) is 0. The van der Waals surface area contributed by atoms with Gasteiger partial charge in [-0.1, -0.05) is 35.9 Å². The molecule has 6 nitrogen and oxygen atoms in total. The second kappa shape index (κ2) is 8.87. The van der Waals surface area contributed by atoms with Crippen LogP contribution < -0.4 is 10.6 Å². The number of hydrogen-bond donors (Lipinski definition) is 3. The Hall–Kier alpha value is -3.19. The highest BCUT2D eigenvalue weighted by molar-refractivity contribution is 6.31. The number of carbonyl (C=O) groups excluding carboxylic acids is 2. The number of aliphatic carboxylic acids is 1. The molecule has 0 saturated heterocycles. The number of carboxylic acids is 1. The number of halogens is 2. The fraction of sp³-hybridized carbons (Fsp3) is 0.190. The second-order valence-corrected chi connectivity index (χ2v) is 7.02. The van der Waals surface area contributed by atoms with Crippen molar-refractivity contribution in [3.63, 3.8) is 0 Å². The summed E-state index contributed by atoms with van der Waals surface area (Å²) < 4.78 is 13.3. The zero-order valence-electron chi connectivity index (χ0n) is 15.2. The quantitative estimate of drug-likeness (QED) is 0.632. The molecule has 0 spiro atoms. The molecule has 0 radical (unpaired) electrons. The number of carbonyl (C=O) groups is 3. The van der Waals surface area contributed by atoms with Gasteiger partial charge in [-0.25, -0.2) is 4.39 Å². The normalized spacial score (nSPS) is 18.1. The van der Waals surface area contributed by atoms with Gasteiger partial charge in [0.2, 0.25) is 5.91 Å². The van der Waals surface area contributed by atoms with Gasteiger partial charge in [0, 0.05) is 5.69 Å². The molecule has 29 heavy (non-hydrogen) atoms. The SMILES string of the molecule is O=C(Nc1ccc(F)c(Cl)c1)c1ccccc1NC(=O)[C@H]1CC=CC[C@@H]1C(=O)O. The van der Waals surface area contributed by atoms with Gasteiger partial charge in [-0.15, -0.1) is 0 Å². The van der Waals surface area contributed by atoms with Crippen LogP contribution in [0.5, 0.6) is 0 Å². The van der Waals surface area contributed by atoms with Crippen molar-refractivity contribution in [2.45, 2.75) is 12.8 Å². The summed E-state index contributed by atoms with van der Waals surface area (Å²) >= 11 is 5.73. The van der Waals surface area contributed by atoms with Crippen LogP contribution in [0.4, 0.5) is 15.8 Å². The van der Waals surface area contributed by atoms with Crippen molar-refractivity contribution < 1.29 is 23.9 Å². The highest BCUT2D eigenvalue weighted by atomic mass is 35.5. The van der Waals surface area contributed by atoms with E-state index in [1.165, 1.54) is 18.2 Å². The van der Waals surface area contributed by atoms with Gasteiger partial charge < -0.3 is 15.7 Å². The number of nitrogens with one attached hydrogen (secondary N) is 2. The smallest absolute Gasteiger partial charge is 0.307 e. The van der Waals surface area contributed by atoms with Crippen LogP contribution >= 0.6 is 11.6 Å². The topological polar surface area (TPSA) is 95.5 Å². The Labute approximate surface area is 171 Å². The predicted molar refractivity (Wildman–Crippen MR) is 107 cm³/mol. The Bertz CT molecular complexity index is 992. The lowest BCUT2D eigenvalue weighted by molar-refractivity contribution is -0.146. The van der Waals surface area contributed by atoms with Gasteiger partial charge in [0.05, 0.1) is 28.1 Å². The summed E-state index contributed by atoms with van der Waals surface area (Å²) in [6.45, 7) is 0. The van der Waals surface area contributed by atoms with Gasteiger partial charge in [0.15, 0.2) is 0 Å². The molecular formula is C21H18ClFN2O4. The predicted octanol–water partition coefficient (Wildman–Crippen LogP) is 4.34. The first-order valence-corrected chi connectivity index (χ1v) is 9.28. The number of hydrogen-bond acceptors (Lipinski definition) is 3. The fourth-order valence-corrected chi connectivity index (χ4v) is 3.35. The molecule has 3 rings (SSSR count). The maximum absolute atomic E-state index is 13.3. The molecule has 0 heterocycles. The summed E-state index contributed by atoms with van der Waals surface area (Å²) in [6.07, 6.45) is 4.12. The molecule has 0 saturated carbocycles. The lowest BCUT2D eigenvalue weighted by atomic mass is 9.82. The lowest BCUT2D eigenvalue weighted by Crippen LogP contribution is -2.35. The van der Waals surface area contributed by atoms with E-state index in [1.54, 1.807) is 30.4 Å². The minimum Gasteiger partial charge on any atom is -0.481 e. The van der Waals surface area contributed by atoms with Crippen molar-refractivity contribution in [1.82, 2.24) is 0 Å². The maximum atomic E-state index is 13.3. The summed E-state index contributed by atoms with van der Waals surface area (Å²) in [5.41, 5.74) is 0.729. The van der Waals surface area contributed by atoms with Crippen molar-refractivity contribution in [2.24, 2.45) is 11.8 Å². The van der Waals surface area contributed by atoms with Gasteiger partial charge in [0.25, 0.3) is 5.91 Å². The first-order valence-electron chi connectivity index (χ1n) is 8.91. The van der Waals surface area contributed by atoms with Crippen molar-refractivity contribution in [3.05, 3.63) is 71.0 Å². The van der Waals surface area contributed by atoms with Gasteiger partial charge >= 0.3 is 5.97 Å². The zero-order valence-corrected chi connectivity index (χ0v) is 15.9. The number of allylic oxidation sites excluding steroid dienone is 2. The molecule has 3 N–H and O–H groups in total. The standard InChI is InChI=1S/C21H18ClFN2O4/c22-16-11-12(9-10-17(16)23)24-20(27)15-7-3-4-8-18(15)25-19(26)13-5-1-2-6-14(13)21(28)29/h1-4,7-11,13-14H,5-6H2,(H,24,27)(H,25,26)(H,28,29)/t13-,14-/m0/s1. The van der Waals surface area contributed by atoms with Gasteiger partial charge in [-0.05, 0) is 43.2 Å². The number of amides is 2. The molecule has 0 unspecified atom stereocenters. The highest BCUT2D eigenvalue weighted by Crippen LogP contribution is 2.28. The van der Waals surface area contributed by atoms with Gasteiger partial charge in [0.1, 0.15) is 5.82 Å². The first-order chi connectivity index (χ1) is 13.9. The number of rotatable bonds is 5. The van der Waals surface area contributed by atoms with Crippen molar-refractivity contribution in [2.75, 3.05) is 10.6 Å². The average molecular weight is 417 g/mol. The Morgan fingerprint density at radius 3 is 2.38 bits per heavy atom. The van der Waals surface area contributed by atoms with Crippen LogP contribution in [0, 0.1) is 17.7 Å². The van der Waals surface area contributed by atoms with E-state index in [1.807, 2.05) is 0 Å². The van der Waals surface area contributed by atoms with E-state index in [4.69, 9.17) is 11.6 Å². The van der Waals surface area contributed by atoms with E-state index < -0.39 is 35.4 Å². The molecule has 8 heteroatoms. The second-order valence-electron chi connectivity index (χ2n) is 6.61. The third-order valence-corrected chi connectivity index (χ3v) is 4.98. The van der Waals surface area contributed by atoms with Crippen molar-refractivity contribution in [3.8, 4) is 0 Å². The molecule has 0 bridgehead atoms. The average Bonchev–Trinajstić information content (AvgIpc) is 2.71. The molecule has 0 fully saturated rings. The molecule has 1 aliphatic carbocycles. The summed E-state index contributed by atoms with van der Waals surface area (Å²) in [5, 5.41) is 14.5. The van der Waals surface area contributed by atoms with Crippen LogP contribution in [0.1, 0.15) is 23.2 Å². The van der Waals surface area contributed by atoms with Crippen LogP contribution in [0.25, 0.3) is 0 Å². The molecule has 1 aliphatic rings. The minimum atomic E-state index is -1.03. The molecule has 2 aromatic rings. The number of carboxylic acid groups (broad SMARTS) is 1. The van der Waals surface area contributed by atoms with Crippen LogP contribution in [0.2, 0.25) is 5.02 Å². The van der Waals surface area contributed by atoms with E-state index in [0.717, 1.165) is 6.07 Å². The van der Waals surface area contributed by atoms with Crippen LogP contribution in [-0.2, 0) is 9.59 Å². The molecule has 2 amide bonds. The Kier molecular flexibility index (Phi) is 6.29. The number of anilines is 2. The fourth-order valence-electron chi connectivity index (χ4n) is 3.16. The number of para-hydroxylation sites is 1. The van der Waals surface area contributed by atoms with E-state index in [-0.39, 0.29) is 22.7 Å². The first kappa shape index (κ1) is 20.5. The monoisotopic (exact) mass is 416 g/mol. The largest absolute Gasteiger partial charge is 0.481 e. The lowest BCUT2D eigenvalue weighted by Gasteiger charge is -2.24. The van der Waals surface area contributed by atoms with E-state index >= 15 is 0 Å². The molecular weight excluding hydrogens is 399 g/mol. The molecule has 0 aromatic heterocycles. The summed E-state index contributed by atoms with van der Waals surface area (Å²) in [6, 6.07) is 10.1. The minimum absolute atomic E-state index is 0.130. The van der Waals surface area contributed by atoms with Crippen LogP contribution in [0.3, 0.4) is 0 Å². The molecule has 2 aromatic carbocycles. The van der Waals surface area contributed by atoms with E-state index in [0.29, 0.717) is 12.1 Å². The molecule has 0 aliphatic heterocycles.